The Kier molecular flexibility index (Phi) is 10.4. The van der Waals surface area contributed by atoms with Crippen LogP contribution in [-0.2, 0) is 22.7 Å². The van der Waals surface area contributed by atoms with Crippen molar-refractivity contribution < 1.29 is 58.9 Å². The third-order valence-corrected chi connectivity index (χ3v) is 18.9. The molecule has 0 radical (unpaired) electrons. The number of halogens is 7. The summed E-state index contributed by atoms with van der Waals surface area (Å²) in [6.07, 6.45) is -0.932. The van der Waals surface area contributed by atoms with Crippen LogP contribution in [0, 0.1) is 33.5 Å². The highest BCUT2D eigenvalue weighted by atomic mass is 35.5. The van der Waals surface area contributed by atoms with Crippen molar-refractivity contribution in [2.24, 2.45) is 33.5 Å². The maximum Gasteiger partial charge on any atom is 0.573 e. The fourth-order valence-electron chi connectivity index (χ4n) is 12.3. The Morgan fingerprint density at radius 1 is 0.937 bits per heavy atom. The van der Waals surface area contributed by atoms with Crippen LogP contribution in [0.15, 0.2) is 105 Å². The van der Waals surface area contributed by atoms with Crippen molar-refractivity contribution in [2.45, 2.75) is 93.8 Å². The van der Waals surface area contributed by atoms with E-state index in [0.29, 0.717) is 49.7 Å². The van der Waals surface area contributed by atoms with Gasteiger partial charge in [-0.05, 0) is 122 Å². The summed E-state index contributed by atoms with van der Waals surface area (Å²) >= 11 is 7.37. The van der Waals surface area contributed by atoms with Gasteiger partial charge in [-0.15, -0.1) is 24.5 Å². The highest BCUT2D eigenvalue weighted by Crippen LogP contribution is 2.78. The summed E-state index contributed by atoms with van der Waals surface area (Å²) in [7, 11) is -4.25. The van der Waals surface area contributed by atoms with E-state index in [4.69, 9.17) is 16.0 Å². The number of ether oxygens (including phenoxy) is 1. The zero-order chi connectivity index (χ0) is 45.2. The summed E-state index contributed by atoms with van der Waals surface area (Å²) in [5.74, 6) is -1.67. The van der Waals surface area contributed by atoms with E-state index in [1.807, 2.05) is 13.0 Å². The standard InChI is InChI=1S/C46H44ClF6NO7S2/c1-40-16-13-29(55)23-42(40)19-20-44(32(24-42)39(56)35-12-11-34(60-35)31-22-28(45(48,49)50)7-10-33(31)47)36(40)14-17-41(2)37(44)15-18-43(41,57)26-54(63(58,59)38-4-3-21-62-38)25-27-5-8-30(9-6-27)61-46(51,52)53/h3-12,19-22,24,29,36-37,55,57H,13-18,23,25-26H2,1-2H3. The molecule has 0 amide bonds. The van der Waals surface area contributed by atoms with Gasteiger partial charge in [-0.1, -0.05) is 61.9 Å². The lowest BCUT2D eigenvalue weighted by Gasteiger charge is -2.71. The number of fused-ring (bicyclic) bond motifs is 1. The average molecular weight is 936 g/mol. The molecule has 10 rings (SSSR count). The number of benzene rings is 2. The van der Waals surface area contributed by atoms with Gasteiger partial charge in [-0.2, -0.15) is 17.5 Å². The molecule has 4 aromatic rings. The summed E-state index contributed by atoms with van der Waals surface area (Å²) in [5, 5.41) is 25.8. The second kappa shape index (κ2) is 14.8. The number of carbonyl (C=O) groups is 1. The highest BCUT2D eigenvalue weighted by Gasteiger charge is 2.75. The molecular formula is C46H44ClF6NO7S2. The molecule has 2 N–H and O–H groups in total. The lowest BCUT2D eigenvalue weighted by molar-refractivity contribution is -0.274. The zero-order valence-electron chi connectivity index (χ0n) is 34.1. The molecule has 6 aliphatic carbocycles. The third-order valence-electron chi connectivity index (χ3n) is 15.4. The van der Waals surface area contributed by atoms with Gasteiger partial charge in [0.1, 0.15) is 15.7 Å². The normalized spacial score (nSPS) is 32.6. The van der Waals surface area contributed by atoms with E-state index in [2.05, 4.69) is 23.8 Å². The van der Waals surface area contributed by atoms with Crippen LogP contribution in [0.3, 0.4) is 0 Å². The van der Waals surface area contributed by atoms with Gasteiger partial charge in [0, 0.05) is 40.5 Å². The van der Waals surface area contributed by atoms with Crippen LogP contribution < -0.4 is 4.74 Å². The van der Waals surface area contributed by atoms with E-state index >= 15 is 4.79 Å². The molecule has 0 aliphatic heterocycles. The quantitative estimate of drug-likeness (QED) is 0.0924. The van der Waals surface area contributed by atoms with E-state index in [1.165, 1.54) is 34.6 Å². The number of furan rings is 1. The fraction of sp³-hybridized carbons (Fsp3) is 0.457. The molecule has 3 fully saturated rings. The fourth-order valence-corrected chi connectivity index (χ4v) is 15.1. The van der Waals surface area contributed by atoms with Gasteiger partial charge in [0.05, 0.1) is 22.3 Å². The Morgan fingerprint density at radius 3 is 2.32 bits per heavy atom. The molecule has 17 heteroatoms. The van der Waals surface area contributed by atoms with Crippen molar-refractivity contribution in [3.8, 4) is 17.1 Å². The van der Waals surface area contributed by atoms with Crippen LogP contribution in [0.4, 0.5) is 26.3 Å². The summed E-state index contributed by atoms with van der Waals surface area (Å²) in [6, 6.07) is 13.6. The first-order valence-corrected chi connectivity index (χ1v) is 23.4. The number of thiophene rings is 1. The van der Waals surface area contributed by atoms with Gasteiger partial charge in [0.2, 0.25) is 5.78 Å². The van der Waals surface area contributed by atoms with Crippen LogP contribution >= 0.6 is 22.9 Å². The van der Waals surface area contributed by atoms with Gasteiger partial charge in [0.15, 0.2) is 5.76 Å². The minimum Gasteiger partial charge on any atom is -0.453 e. The van der Waals surface area contributed by atoms with Crippen LogP contribution in [0.1, 0.15) is 80.5 Å². The minimum atomic E-state index is -4.92. The van der Waals surface area contributed by atoms with Crippen molar-refractivity contribution >= 4 is 38.7 Å². The molecule has 8 atom stereocenters. The second-order valence-corrected chi connectivity index (χ2v) is 21.9. The SMILES string of the molecule is CC12CCC(O)CC13C=CC1(C(C(=O)c4ccc(-c5cc(C(F)(F)F)ccc5Cl)o4)=C3)C2CCC2(C)C1CCC2(O)CN(Cc1ccc(OC(F)(F)F)cc1)S(=O)(=O)c1cccs1. The third kappa shape index (κ3) is 6.95. The Balaban J connectivity index is 1.10. The number of carbonyl (C=O) groups excluding carboxylic acids is 1. The zero-order valence-corrected chi connectivity index (χ0v) is 36.5. The Labute approximate surface area is 369 Å². The number of allylic oxidation sites excluding steroid dienone is 4. The summed E-state index contributed by atoms with van der Waals surface area (Å²) in [6.45, 7) is 3.51. The Bertz CT molecular complexity index is 2630. The van der Waals surface area contributed by atoms with E-state index in [0.717, 1.165) is 41.7 Å². The minimum absolute atomic E-state index is 0.00404. The number of hydrogen-bond donors (Lipinski definition) is 2. The van der Waals surface area contributed by atoms with Gasteiger partial charge in [0.25, 0.3) is 10.0 Å². The number of aliphatic hydroxyl groups is 2. The molecule has 336 valence electrons. The molecule has 6 aliphatic rings. The van der Waals surface area contributed by atoms with Crippen molar-refractivity contribution in [1.82, 2.24) is 4.31 Å². The van der Waals surface area contributed by atoms with Crippen molar-refractivity contribution in [1.29, 1.82) is 0 Å². The predicted molar refractivity (Wildman–Crippen MR) is 222 cm³/mol. The molecule has 0 saturated heterocycles. The molecular weight excluding hydrogens is 892 g/mol. The van der Waals surface area contributed by atoms with Crippen LogP contribution in [0.5, 0.6) is 5.75 Å². The average Bonchev–Trinajstić information content (AvgIpc) is 3.98. The number of ketones is 1. The molecule has 2 bridgehead atoms. The van der Waals surface area contributed by atoms with E-state index in [1.54, 1.807) is 11.4 Å². The van der Waals surface area contributed by atoms with Crippen molar-refractivity contribution in [2.75, 3.05) is 6.54 Å². The second-order valence-electron chi connectivity index (χ2n) is 18.4. The van der Waals surface area contributed by atoms with Crippen LogP contribution in [0.2, 0.25) is 5.02 Å². The Hall–Kier alpha value is -3.93. The number of Topliss-reactive ketones (excluding diaryl/α,β-unsaturated/α-hetero) is 1. The number of rotatable bonds is 10. The van der Waals surface area contributed by atoms with E-state index in [-0.39, 0.29) is 51.7 Å². The molecule has 8 unspecified atom stereocenters. The molecule has 3 saturated carbocycles. The lowest BCUT2D eigenvalue weighted by Crippen LogP contribution is -2.67. The van der Waals surface area contributed by atoms with Gasteiger partial charge >= 0.3 is 12.5 Å². The number of nitrogens with zero attached hydrogens (tertiary/aromatic N) is 1. The molecule has 2 aromatic heterocycles. The molecule has 2 heterocycles. The molecule has 2 aromatic carbocycles. The first-order chi connectivity index (χ1) is 29.4. The molecule has 63 heavy (non-hydrogen) atoms. The largest absolute Gasteiger partial charge is 0.573 e. The maximum absolute atomic E-state index is 15.2. The van der Waals surface area contributed by atoms with Gasteiger partial charge < -0.3 is 19.4 Å². The number of aliphatic hydroxyl groups excluding tert-OH is 1. The topological polar surface area (TPSA) is 117 Å². The number of hydrogen-bond acceptors (Lipinski definition) is 8. The summed E-state index contributed by atoms with van der Waals surface area (Å²) in [5.41, 5.74) is -4.99. The van der Waals surface area contributed by atoms with E-state index < -0.39 is 78.9 Å². The smallest absolute Gasteiger partial charge is 0.453 e. The van der Waals surface area contributed by atoms with Gasteiger partial charge in [-0.25, -0.2) is 8.42 Å². The Morgan fingerprint density at radius 2 is 1.63 bits per heavy atom. The monoisotopic (exact) mass is 935 g/mol. The molecule has 2 spiro atoms. The number of alkyl halides is 6. The first-order valence-electron chi connectivity index (χ1n) is 20.7. The first kappa shape index (κ1) is 44.3. The summed E-state index contributed by atoms with van der Waals surface area (Å²) in [4.78, 5) is 15.2. The van der Waals surface area contributed by atoms with Crippen molar-refractivity contribution in [3.05, 3.63) is 118 Å². The van der Waals surface area contributed by atoms with Crippen LogP contribution in [-0.4, -0.2) is 53.3 Å². The molecule has 8 nitrogen and oxygen atoms in total. The lowest BCUT2D eigenvalue weighted by atomic mass is 9.32. The number of sulfonamides is 1. The highest BCUT2D eigenvalue weighted by molar-refractivity contribution is 7.91. The van der Waals surface area contributed by atoms with Crippen LogP contribution in [0.25, 0.3) is 11.3 Å². The maximum atomic E-state index is 15.2. The van der Waals surface area contributed by atoms with Gasteiger partial charge in [-0.3, -0.25) is 4.79 Å². The van der Waals surface area contributed by atoms with Crippen molar-refractivity contribution in [3.63, 3.8) is 0 Å². The van der Waals surface area contributed by atoms with E-state index in [9.17, 15) is 45.0 Å². The summed E-state index contributed by atoms with van der Waals surface area (Å²) < 4.78 is 120. The predicted octanol–water partition coefficient (Wildman–Crippen LogP) is 11.2.